The molecule has 1 atom stereocenters. The first kappa shape index (κ1) is 14.7. The summed E-state index contributed by atoms with van der Waals surface area (Å²) in [6.07, 6.45) is 1.67. The summed E-state index contributed by atoms with van der Waals surface area (Å²) in [5.41, 5.74) is 3.73. The third-order valence-corrected chi connectivity index (χ3v) is 5.26. The molecular weight excluding hydrogens is 327 g/mol. The van der Waals surface area contributed by atoms with Gasteiger partial charge in [-0.15, -0.1) is 11.3 Å². The molecule has 5 heteroatoms. The smallest absolute Gasteiger partial charge is 0.137 e. The van der Waals surface area contributed by atoms with Crippen molar-refractivity contribution in [3.05, 3.63) is 55.9 Å². The van der Waals surface area contributed by atoms with Gasteiger partial charge in [0.05, 0.1) is 10.5 Å². The van der Waals surface area contributed by atoms with Crippen molar-refractivity contribution in [3.8, 4) is 0 Å². The average molecular weight is 343 g/mol. The Bertz CT molecular complexity index is 556. The number of hydrogen-bond donors (Lipinski definition) is 2. The summed E-state index contributed by atoms with van der Waals surface area (Å²) in [6, 6.07) is 9.27. The van der Waals surface area contributed by atoms with Crippen LogP contribution in [0.2, 0.25) is 0 Å². The Balaban J connectivity index is 2.21. The normalized spacial score (nSPS) is 12.6. The van der Waals surface area contributed by atoms with E-state index in [9.17, 15) is 4.39 Å². The highest BCUT2D eigenvalue weighted by Crippen LogP contribution is 2.29. The maximum absolute atomic E-state index is 13.5. The highest BCUT2D eigenvalue weighted by molar-refractivity contribution is 9.10. The second-order valence-corrected chi connectivity index (χ2v) is 6.29. The number of nitrogens with two attached hydrogens (primary N) is 1. The fourth-order valence-corrected chi connectivity index (χ4v) is 3.38. The number of benzene rings is 1. The molecule has 2 aromatic rings. The summed E-state index contributed by atoms with van der Waals surface area (Å²) in [7, 11) is 0. The molecule has 0 radical (unpaired) electrons. The van der Waals surface area contributed by atoms with Crippen LogP contribution in [-0.4, -0.2) is 0 Å². The van der Waals surface area contributed by atoms with E-state index in [2.05, 4.69) is 40.4 Å². The Morgan fingerprint density at radius 3 is 2.79 bits per heavy atom. The zero-order valence-corrected chi connectivity index (χ0v) is 13.0. The van der Waals surface area contributed by atoms with Gasteiger partial charge in [-0.1, -0.05) is 19.1 Å². The van der Waals surface area contributed by atoms with Crippen LogP contribution in [0.3, 0.4) is 0 Å². The van der Waals surface area contributed by atoms with Crippen molar-refractivity contribution < 1.29 is 4.39 Å². The molecule has 1 aromatic carbocycles. The topological polar surface area (TPSA) is 38.0 Å². The number of hydrazine groups is 1. The lowest BCUT2D eigenvalue weighted by Gasteiger charge is -2.15. The molecular formula is C14H16BrFN2S. The highest BCUT2D eigenvalue weighted by atomic mass is 79.9. The zero-order valence-electron chi connectivity index (χ0n) is 10.6. The number of aryl methyl sites for hydroxylation is 1. The van der Waals surface area contributed by atoms with Crippen LogP contribution >= 0.6 is 27.3 Å². The van der Waals surface area contributed by atoms with Gasteiger partial charge in [-0.2, -0.15) is 0 Å². The van der Waals surface area contributed by atoms with E-state index >= 15 is 0 Å². The van der Waals surface area contributed by atoms with Crippen molar-refractivity contribution in [3.63, 3.8) is 0 Å². The number of rotatable bonds is 5. The van der Waals surface area contributed by atoms with Crippen LogP contribution in [0.25, 0.3) is 0 Å². The molecule has 1 aromatic heterocycles. The summed E-state index contributed by atoms with van der Waals surface area (Å²) < 4.78 is 14.0. The lowest BCUT2D eigenvalue weighted by molar-refractivity contribution is 0.554. The van der Waals surface area contributed by atoms with Crippen LogP contribution < -0.4 is 11.3 Å². The van der Waals surface area contributed by atoms with Gasteiger partial charge in [0.15, 0.2) is 0 Å². The van der Waals surface area contributed by atoms with Gasteiger partial charge < -0.3 is 0 Å². The minimum atomic E-state index is -0.242. The monoisotopic (exact) mass is 342 g/mol. The van der Waals surface area contributed by atoms with Crippen molar-refractivity contribution >= 4 is 27.3 Å². The van der Waals surface area contributed by atoms with Crippen LogP contribution in [0, 0.1) is 5.82 Å². The van der Waals surface area contributed by atoms with Crippen molar-refractivity contribution in [1.29, 1.82) is 0 Å². The van der Waals surface area contributed by atoms with Crippen LogP contribution in [0.15, 0.2) is 34.8 Å². The fourth-order valence-electron chi connectivity index (χ4n) is 1.94. The van der Waals surface area contributed by atoms with Crippen molar-refractivity contribution in [2.75, 3.05) is 0 Å². The molecule has 19 heavy (non-hydrogen) atoms. The molecule has 1 unspecified atom stereocenters. The average Bonchev–Trinajstić information content (AvgIpc) is 2.89. The first-order valence-electron chi connectivity index (χ1n) is 6.13. The van der Waals surface area contributed by atoms with E-state index in [4.69, 9.17) is 5.84 Å². The van der Waals surface area contributed by atoms with Crippen molar-refractivity contribution in [2.24, 2.45) is 5.84 Å². The molecule has 0 saturated heterocycles. The quantitative estimate of drug-likeness (QED) is 0.637. The Morgan fingerprint density at radius 1 is 1.37 bits per heavy atom. The van der Waals surface area contributed by atoms with E-state index in [-0.39, 0.29) is 11.9 Å². The summed E-state index contributed by atoms with van der Waals surface area (Å²) in [5.74, 6) is 5.40. The third kappa shape index (κ3) is 3.42. The molecule has 0 aliphatic rings. The van der Waals surface area contributed by atoms with Crippen LogP contribution in [0.5, 0.6) is 0 Å². The lowest BCUT2D eigenvalue weighted by atomic mass is 10.1. The second kappa shape index (κ2) is 6.61. The number of thiophene rings is 1. The Kier molecular flexibility index (Phi) is 5.10. The second-order valence-electron chi connectivity index (χ2n) is 4.29. The Labute approximate surface area is 124 Å². The summed E-state index contributed by atoms with van der Waals surface area (Å²) in [5, 5.41) is 0. The van der Waals surface area contributed by atoms with Crippen molar-refractivity contribution in [2.45, 2.75) is 25.8 Å². The maximum Gasteiger partial charge on any atom is 0.137 e. The fraction of sp³-hybridized carbons (Fsp3) is 0.286. The molecule has 1 heterocycles. The van der Waals surface area contributed by atoms with E-state index in [1.807, 2.05) is 6.07 Å². The predicted octanol–water partition coefficient (Wildman–Crippen LogP) is 3.96. The highest BCUT2D eigenvalue weighted by Gasteiger charge is 2.15. The molecule has 102 valence electrons. The summed E-state index contributed by atoms with van der Waals surface area (Å²) in [6.45, 7) is 2.13. The molecule has 0 saturated carbocycles. The van der Waals surface area contributed by atoms with E-state index < -0.39 is 0 Å². The first-order chi connectivity index (χ1) is 9.15. The van der Waals surface area contributed by atoms with Gasteiger partial charge >= 0.3 is 0 Å². The third-order valence-electron chi connectivity index (χ3n) is 3.03. The van der Waals surface area contributed by atoms with E-state index in [1.165, 1.54) is 15.8 Å². The van der Waals surface area contributed by atoms with Gasteiger partial charge in [0.1, 0.15) is 5.82 Å². The molecule has 0 fully saturated rings. The molecule has 0 spiro atoms. The largest absolute Gasteiger partial charge is 0.271 e. The number of halogens is 2. The molecule has 0 amide bonds. The molecule has 3 N–H and O–H groups in total. The summed E-state index contributed by atoms with van der Waals surface area (Å²) in [4.78, 5) is 2.50. The molecule has 0 bridgehead atoms. The van der Waals surface area contributed by atoms with Gasteiger partial charge in [0.2, 0.25) is 0 Å². The van der Waals surface area contributed by atoms with Crippen LogP contribution in [0.4, 0.5) is 4.39 Å². The van der Waals surface area contributed by atoms with Gasteiger partial charge in [0.25, 0.3) is 0 Å². The molecule has 2 nitrogen and oxygen atoms in total. The van der Waals surface area contributed by atoms with Crippen molar-refractivity contribution in [1.82, 2.24) is 5.43 Å². The van der Waals surface area contributed by atoms with E-state index in [0.717, 1.165) is 12.0 Å². The number of hydrogen-bond acceptors (Lipinski definition) is 3. The Morgan fingerprint density at radius 2 is 2.16 bits per heavy atom. The van der Waals surface area contributed by atoms with Gasteiger partial charge in [-0.05, 0) is 52.5 Å². The first-order valence-corrected chi connectivity index (χ1v) is 7.74. The molecule has 2 rings (SSSR count). The van der Waals surface area contributed by atoms with Gasteiger partial charge in [-0.3, -0.25) is 11.3 Å². The molecule has 0 aliphatic carbocycles. The lowest BCUT2D eigenvalue weighted by Crippen LogP contribution is -2.29. The van der Waals surface area contributed by atoms with Crippen LogP contribution in [-0.2, 0) is 12.8 Å². The zero-order chi connectivity index (χ0) is 13.8. The minimum Gasteiger partial charge on any atom is -0.271 e. The predicted molar refractivity (Wildman–Crippen MR) is 81.6 cm³/mol. The van der Waals surface area contributed by atoms with E-state index in [1.54, 1.807) is 17.4 Å². The standard InChI is InChI=1S/C14H16BrFN2S/c1-2-10-6-7-13(19-10)12(18-17)8-9-4-3-5-11(16)14(9)15/h3-7,12,18H,2,8,17H2,1H3. The van der Waals surface area contributed by atoms with E-state index in [0.29, 0.717) is 10.9 Å². The Hall–Kier alpha value is -0.750. The molecule has 0 aliphatic heterocycles. The SMILES string of the molecule is CCc1ccc(C(Cc2cccc(F)c2Br)NN)s1. The minimum absolute atomic E-state index is 0.00315. The number of nitrogens with one attached hydrogen (secondary N) is 1. The maximum atomic E-state index is 13.5. The van der Waals surface area contributed by atoms with Gasteiger partial charge in [0, 0.05) is 9.75 Å². The summed E-state index contributed by atoms with van der Waals surface area (Å²) >= 11 is 5.03. The van der Waals surface area contributed by atoms with Gasteiger partial charge in [-0.25, -0.2) is 4.39 Å². The van der Waals surface area contributed by atoms with Crippen LogP contribution in [0.1, 0.15) is 28.3 Å².